The zero-order valence-corrected chi connectivity index (χ0v) is 11.8. The molecule has 0 amide bonds. The molecular weight excluding hydrogens is 224 g/mol. The molecule has 0 fully saturated rings. The van der Waals surface area contributed by atoms with Crippen molar-refractivity contribution in [2.24, 2.45) is 17.6 Å². The van der Waals surface area contributed by atoms with Crippen molar-refractivity contribution in [2.75, 3.05) is 25.4 Å². The molecule has 16 heavy (non-hydrogen) atoms. The summed E-state index contributed by atoms with van der Waals surface area (Å²) in [6, 6.07) is 0. The van der Waals surface area contributed by atoms with Crippen molar-refractivity contribution < 1.29 is 8.42 Å². The Morgan fingerprint density at radius 2 is 1.50 bits per heavy atom. The van der Waals surface area contributed by atoms with Gasteiger partial charge in [-0.05, 0) is 24.8 Å². The summed E-state index contributed by atoms with van der Waals surface area (Å²) in [7, 11) is -3.12. The largest absolute Gasteiger partial charge is 0.330 e. The third-order valence-electron chi connectivity index (χ3n) is 2.14. The lowest BCUT2D eigenvalue weighted by Crippen LogP contribution is -2.38. The first-order chi connectivity index (χ1) is 7.29. The van der Waals surface area contributed by atoms with Crippen molar-refractivity contribution in [3.63, 3.8) is 0 Å². The van der Waals surface area contributed by atoms with E-state index in [9.17, 15) is 8.42 Å². The minimum atomic E-state index is -3.12. The molecule has 0 aliphatic carbocycles. The van der Waals surface area contributed by atoms with E-state index in [1.807, 2.05) is 27.7 Å². The zero-order chi connectivity index (χ0) is 12.8. The van der Waals surface area contributed by atoms with Gasteiger partial charge in [-0.1, -0.05) is 27.7 Å². The first-order valence-corrected chi connectivity index (χ1v) is 7.58. The Morgan fingerprint density at radius 1 is 1.06 bits per heavy atom. The van der Waals surface area contributed by atoms with Crippen LogP contribution in [0.25, 0.3) is 0 Å². The summed E-state index contributed by atoms with van der Waals surface area (Å²) in [6.45, 7) is 9.77. The van der Waals surface area contributed by atoms with E-state index in [2.05, 4.69) is 0 Å². The van der Waals surface area contributed by atoms with Gasteiger partial charge >= 0.3 is 0 Å². The Hall–Kier alpha value is -0.130. The van der Waals surface area contributed by atoms with Gasteiger partial charge in [-0.25, -0.2) is 12.7 Å². The fourth-order valence-electron chi connectivity index (χ4n) is 1.51. The number of sulfonamides is 1. The molecule has 98 valence electrons. The Kier molecular flexibility index (Phi) is 7.19. The molecule has 0 rings (SSSR count). The highest BCUT2D eigenvalue weighted by molar-refractivity contribution is 7.89. The second kappa shape index (κ2) is 7.25. The average molecular weight is 250 g/mol. The normalized spacial score (nSPS) is 13.0. The lowest BCUT2D eigenvalue weighted by Gasteiger charge is -2.25. The summed E-state index contributed by atoms with van der Waals surface area (Å²) in [6.07, 6.45) is 0.537. The number of rotatable bonds is 8. The van der Waals surface area contributed by atoms with Crippen molar-refractivity contribution in [2.45, 2.75) is 34.1 Å². The topological polar surface area (TPSA) is 63.4 Å². The van der Waals surface area contributed by atoms with Crippen LogP contribution in [-0.2, 0) is 10.0 Å². The summed E-state index contributed by atoms with van der Waals surface area (Å²) in [5.74, 6) is 0.876. The van der Waals surface area contributed by atoms with E-state index in [-0.39, 0.29) is 5.75 Å². The molecule has 0 radical (unpaired) electrons. The van der Waals surface area contributed by atoms with E-state index >= 15 is 0 Å². The SMILES string of the molecule is CC(C)CN(CC(C)C)S(=O)(=O)CCCN. The van der Waals surface area contributed by atoms with E-state index in [0.717, 1.165) is 0 Å². The number of nitrogens with two attached hydrogens (primary N) is 1. The van der Waals surface area contributed by atoms with E-state index < -0.39 is 10.0 Å². The van der Waals surface area contributed by atoms with Crippen LogP contribution in [0.1, 0.15) is 34.1 Å². The maximum Gasteiger partial charge on any atom is 0.214 e. The van der Waals surface area contributed by atoms with E-state index in [0.29, 0.717) is 37.9 Å². The second-order valence-corrected chi connectivity index (χ2v) is 7.15. The van der Waals surface area contributed by atoms with Gasteiger partial charge in [0, 0.05) is 13.1 Å². The van der Waals surface area contributed by atoms with Crippen molar-refractivity contribution in [1.82, 2.24) is 4.31 Å². The maximum atomic E-state index is 12.0. The van der Waals surface area contributed by atoms with Gasteiger partial charge in [0.2, 0.25) is 10.0 Å². The van der Waals surface area contributed by atoms with E-state index in [1.54, 1.807) is 4.31 Å². The van der Waals surface area contributed by atoms with Crippen molar-refractivity contribution >= 4 is 10.0 Å². The van der Waals surface area contributed by atoms with Crippen LogP contribution in [0.15, 0.2) is 0 Å². The number of hydrogen-bond donors (Lipinski definition) is 1. The third-order valence-corrected chi connectivity index (χ3v) is 4.03. The summed E-state index contributed by atoms with van der Waals surface area (Å²) < 4.78 is 25.7. The zero-order valence-electron chi connectivity index (χ0n) is 10.9. The highest BCUT2D eigenvalue weighted by Crippen LogP contribution is 2.10. The lowest BCUT2D eigenvalue weighted by atomic mass is 10.2. The molecule has 0 aromatic heterocycles. The number of hydrogen-bond acceptors (Lipinski definition) is 3. The molecule has 0 heterocycles. The van der Waals surface area contributed by atoms with Crippen LogP contribution in [0.3, 0.4) is 0 Å². The average Bonchev–Trinajstić information content (AvgIpc) is 2.12. The van der Waals surface area contributed by atoms with Crippen LogP contribution in [0.2, 0.25) is 0 Å². The smallest absolute Gasteiger partial charge is 0.214 e. The molecule has 2 N–H and O–H groups in total. The molecule has 0 saturated carbocycles. The molecule has 0 atom stereocenters. The van der Waals surface area contributed by atoms with Crippen LogP contribution >= 0.6 is 0 Å². The van der Waals surface area contributed by atoms with Gasteiger partial charge in [-0.2, -0.15) is 0 Å². The fourth-order valence-corrected chi connectivity index (χ4v) is 3.35. The molecule has 0 saturated heterocycles. The number of nitrogens with zero attached hydrogens (tertiary/aromatic N) is 1. The minimum Gasteiger partial charge on any atom is -0.330 e. The van der Waals surface area contributed by atoms with Gasteiger partial charge < -0.3 is 5.73 Å². The molecule has 0 aromatic carbocycles. The molecule has 4 nitrogen and oxygen atoms in total. The van der Waals surface area contributed by atoms with Gasteiger partial charge in [-0.3, -0.25) is 0 Å². The first kappa shape index (κ1) is 15.9. The fraction of sp³-hybridized carbons (Fsp3) is 1.00. The maximum absolute atomic E-state index is 12.0. The summed E-state index contributed by atoms with van der Waals surface area (Å²) >= 11 is 0. The van der Waals surface area contributed by atoms with Crippen LogP contribution < -0.4 is 5.73 Å². The second-order valence-electron chi connectivity index (χ2n) is 5.06. The predicted octanol–water partition coefficient (Wildman–Crippen LogP) is 1.28. The van der Waals surface area contributed by atoms with Crippen LogP contribution in [0.5, 0.6) is 0 Å². The van der Waals surface area contributed by atoms with E-state index in [1.165, 1.54) is 0 Å². The molecule has 0 spiro atoms. The minimum absolute atomic E-state index is 0.170. The van der Waals surface area contributed by atoms with Crippen LogP contribution in [-0.4, -0.2) is 38.1 Å². The molecule has 5 heteroatoms. The molecule has 0 aliphatic rings. The lowest BCUT2D eigenvalue weighted by molar-refractivity contribution is 0.333. The molecule has 0 bridgehead atoms. The highest BCUT2D eigenvalue weighted by Gasteiger charge is 2.22. The Bertz CT molecular complexity index is 264. The summed E-state index contributed by atoms with van der Waals surface area (Å²) in [5, 5.41) is 0. The molecular formula is C11H26N2O2S. The van der Waals surface area contributed by atoms with Crippen molar-refractivity contribution in [3.05, 3.63) is 0 Å². The van der Waals surface area contributed by atoms with Gasteiger partial charge in [0.15, 0.2) is 0 Å². The van der Waals surface area contributed by atoms with Crippen molar-refractivity contribution in [3.8, 4) is 0 Å². The highest BCUT2D eigenvalue weighted by atomic mass is 32.2. The first-order valence-electron chi connectivity index (χ1n) is 5.97. The monoisotopic (exact) mass is 250 g/mol. The van der Waals surface area contributed by atoms with Crippen LogP contribution in [0, 0.1) is 11.8 Å². The Morgan fingerprint density at radius 3 is 1.81 bits per heavy atom. The Balaban J connectivity index is 4.59. The van der Waals surface area contributed by atoms with Gasteiger partial charge in [0.25, 0.3) is 0 Å². The quantitative estimate of drug-likeness (QED) is 0.706. The molecule has 0 aliphatic heterocycles. The standard InChI is InChI=1S/C11H26N2O2S/c1-10(2)8-13(9-11(3)4)16(14,15)7-5-6-12/h10-11H,5-9,12H2,1-4H3. The molecule has 0 unspecified atom stereocenters. The summed E-state index contributed by atoms with van der Waals surface area (Å²) in [5.41, 5.74) is 5.36. The Labute approximate surface area is 100 Å². The van der Waals surface area contributed by atoms with Crippen molar-refractivity contribution in [1.29, 1.82) is 0 Å². The molecule has 0 aromatic rings. The van der Waals surface area contributed by atoms with Crippen LogP contribution in [0.4, 0.5) is 0 Å². The third kappa shape index (κ3) is 6.45. The van der Waals surface area contributed by atoms with Gasteiger partial charge in [0.05, 0.1) is 5.75 Å². The van der Waals surface area contributed by atoms with Gasteiger partial charge in [0.1, 0.15) is 0 Å². The van der Waals surface area contributed by atoms with Gasteiger partial charge in [-0.15, -0.1) is 0 Å². The van der Waals surface area contributed by atoms with E-state index in [4.69, 9.17) is 5.73 Å². The summed E-state index contributed by atoms with van der Waals surface area (Å²) in [4.78, 5) is 0. The predicted molar refractivity (Wildman–Crippen MR) is 68.7 cm³/mol.